The Bertz CT molecular complexity index is 529. The van der Waals surface area contributed by atoms with Gasteiger partial charge in [0.2, 0.25) is 0 Å². The van der Waals surface area contributed by atoms with E-state index in [2.05, 4.69) is 65.2 Å². The lowest BCUT2D eigenvalue weighted by Crippen LogP contribution is -2.30. The van der Waals surface area contributed by atoms with Crippen LogP contribution in [-0.2, 0) is 0 Å². The summed E-state index contributed by atoms with van der Waals surface area (Å²) in [6.07, 6.45) is 2.67. The molecule has 2 N–H and O–H groups in total. The van der Waals surface area contributed by atoms with Crippen molar-refractivity contribution in [2.45, 2.75) is 24.9 Å². The lowest BCUT2D eigenvalue weighted by Gasteiger charge is -2.17. The Kier molecular flexibility index (Phi) is 4.14. The van der Waals surface area contributed by atoms with Gasteiger partial charge in [0.1, 0.15) is 0 Å². The standard InChI is InChI=1S/C18H22N2/c1-19-18(13-20-17-11-12-17)16-9-7-15(8-10-16)14-5-3-2-4-6-14/h2-10,17-20H,11-13H2,1H3. The summed E-state index contributed by atoms with van der Waals surface area (Å²) < 4.78 is 0. The fourth-order valence-electron chi connectivity index (χ4n) is 2.50. The lowest BCUT2D eigenvalue weighted by atomic mass is 10.0. The average molecular weight is 266 g/mol. The Hall–Kier alpha value is -1.64. The third-order valence-corrected chi connectivity index (χ3v) is 3.96. The lowest BCUT2D eigenvalue weighted by molar-refractivity contribution is 0.526. The normalized spacial score (nSPS) is 16.1. The van der Waals surface area contributed by atoms with Crippen LogP contribution in [0.25, 0.3) is 11.1 Å². The second-order valence-electron chi connectivity index (χ2n) is 5.51. The number of hydrogen-bond donors (Lipinski definition) is 2. The van der Waals surface area contributed by atoms with Gasteiger partial charge in [-0.25, -0.2) is 0 Å². The Morgan fingerprint density at radius 1 is 0.950 bits per heavy atom. The summed E-state index contributed by atoms with van der Waals surface area (Å²) in [6.45, 7) is 1.01. The van der Waals surface area contributed by atoms with Gasteiger partial charge in [-0.15, -0.1) is 0 Å². The largest absolute Gasteiger partial charge is 0.312 e. The Morgan fingerprint density at radius 3 is 2.20 bits per heavy atom. The third kappa shape index (κ3) is 3.27. The summed E-state index contributed by atoms with van der Waals surface area (Å²) in [5.74, 6) is 0. The van der Waals surface area contributed by atoms with Gasteiger partial charge in [0.05, 0.1) is 0 Å². The zero-order valence-electron chi connectivity index (χ0n) is 12.0. The molecule has 1 atom stereocenters. The van der Waals surface area contributed by atoms with E-state index in [1.807, 2.05) is 7.05 Å². The van der Waals surface area contributed by atoms with Crippen molar-refractivity contribution in [1.29, 1.82) is 0 Å². The highest BCUT2D eigenvalue weighted by atomic mass is 15.0. The van der Waals surface area contributed by atoms with Crippen LogP contribution in [0.5, 0.6) is 0 Å². The van der Waals surface area contributed by atoms with Crippen molar-refractivity contribution in [2.24, 2.45) is 0 Å². The summed E-state index contributed by atoms with van der Waals surface area (Å²) in [4.78, 5) is 0. The van der Waals surface area contributed by atoms with Gasteiger partial charge in [0.15, 0.2) is 0 Å². The molecule has 1 aliphatic carbocycles. The van der Waals surface area contributed by atoms with Crippen molar-refractivity contribution >= 4 is 0 Å². The second kappa shape index (κ2) is 6.21. The van der Waals surface area contributed by atoms with Crippen LogP contribution in [0.4, 0.5) is 0 Å². The molecule has 1 unspecified atom stereocenters. The van der Waals surface area contributed by atoms with Gasteiger partial charge < -0.3 is 10.6 Å². The summed E-state index contributed by atoms with van der Waals surface area (Å²) in [5, 5.41) is 6.99. The number of rotatable bonds is 6. The van der Waals surface area contributed by atoms with Gasteiger partial charge >= 0.3 is 0 Å². The van der Waals surface area contributed by atoms with Crippen LogP contribution in [0.15, 0.2) is 54.6 Å². The van der Waals surface area contributed by atoms with E-state index in [-0.39, 0.29) is 0 Å². The highest BCUT2D eigenvalue weighted by molar-refractivity contribution is 5.63. The quantitative estimate of drug-likeness (QED) is 0.837. The topological polar surface area (TPSA) is 24.1 Å². The molecule has 0 heterocycles. The Balaban J connectivity index is 1.70. The first-order valence-electron chi connectivity index (χ1n) is 7.43. The van der Waals surface area contributed by atoms with E-state index < -0.39 is 0 Å². The first-order chi connectivity index (χ1) is 9.86. The molecule has 2 aromatic rings. The van der Waals surface area contributed by atoms with E-state index in [0.717, 1.165) is 12.6 Å². The van der Waals surface area contributed by atoms with Gasteiger partial charge in [-0.3, -0.25) is 0 Å². The van der Waals surface area contributed by atoms with Crippen LogP contribution >= 0.6 is 0 Å². The van der Waals surface area contributed by atoms with Crippen LogP contribution in [0.1, 0.15) is 24.4 Å². The molecule has 0 radical (unpaired) electrons. The summed E-state index contributed by atoms with van der Waals surface area (Å²) in [6, 6.07) is 20.6. The Labute approximate surface area is 121 Å². The first-order valence-corrected chi connectivity index (χ1v) is 7.43. The fraction of sp³-hybridized carbons (Fsp3) is 0.333. The summed E-state index contributed by atoms with van der Waals surface area (Å²) in [7, 11) is 2.03. The number of hydrogen-bond acceptors (Lipinski definition) is 2. The molecule has 2 nitrogen and oxygen atoms in total. The van der Waals surface area contributed by atoms with E-state index in [1.54, 1.807) is 0 Å². The molecular formula is C18H22N2. The van der Waals surface area contributed by atoms with E-state index >= 15 is 0 Å². The molecule has 0 aliphatic heterocycles. The summed E-state index contributed by atoms with van der Waals surface area (Å²) in [5.41, 5.74) is 3.90. The minimum absolute atomic E-state index is 0.389. The zero-order chi connectivity index (χ0) is 13.8. The van der Waals surface area contributed by atoms with Crippen LogP contribution in [0.3, 0.4) is 0 Å². The predicted octanol–water partition coefficient (Wildman–Crippen LogP) is 3.37. The van der Waals surface area contributed by atoms with Crippen molar-refractivity contribution < 1.29 is 0 Å². The van der Waals surface area contributed by atoms with E-state index in [1.165, 1.54) is 29.5 Å². The molecule has 1 saturated carbocycles. The van der Waals surface area contributed by atoms with Crippen LogP contribution in [0, 0.1) is 0 Å². The van der Waals surface area contributed by atoms with Crippen LogP contribution in [0.2, 0.25) is 0 Å². The molecule has 1 aliphatic rings. The number of benzene rings is 2. The minimum atomic E-state index is 0.389. The molecule has 1 fully saturated rings. The molecular weight excluding hydrogens is 244 g/mol. The Morgan fingerprint density at radius 2 is 1.60 bits per heavy atom. The SMILES string of the molecule is CNC(CNC1CC1)c1ccc(-c2ccccc2)cc1. The van der Waals surface area contributed by atoms with Crippen LogP contribution in [-0.4, -0.2) is 19.6 Å². The monoisotopic (exact) mass is 266 g/mol. The number of nitrogens with one attached hydrogen (secondary N) is 2. The maximum absolute atomic E-state index is 3.59. The first kappa shape index (κ1) is 13.3. The van der Waals surface area contributed by atoms with Crippen molar-refractivity contribution in [1.82, 2.24) is 10.6 Å². The van der Waals surface area contributed by atoms with Crippen molar-refractivity contribution in [2.75, 3.05) is 13.6 Å². The zero-order valence-corrected chi connectivity index (χ0v) is 12.0. The minimum Gasteiger partial charge on any atom is -0.312 e. The maximum atomic E-state index is 3.59. The van der Waals surface area contributed by atoms with E-state index in [9.17, 15) is 0 Å². The highest BCUT2D eigenvalue weighted by Gasteiger charge is 2.21. The van der Waals surface area contributed by atoms with Gasteiger partial charge in [0, 0.05) is 18.6 Å². The van der Waals surface area contributed by atoms with Crippen molar-refractivity contribution in [3.8, 4) is 11.1 Å². The maximum Gasteiger partial charge on any atom is 0.0444 e. The molecule has 2 heteroatoms. The fourth-order valence-corrected chi connectivity index (χ4v) is 2.50. The van der Waals surface area contributed by atoms with Crippen LogP contribution < -0.4 is 10.6 Å². The van der Waals surface area contributed by atoms with Crippen molar-refractivity contribution in [3.63, 3.8) is 0 Å². The molecule has 0 saturated heterocycles. The van der Waals surface area contributed by atoms with Gasteiger partial charge in [-0.1, -0.05) is 54.6 Å². The molecule has 0 amide bonds. The molecule has 2 aromatic carbocycles. The van der Waals surface area contributed by atoms with Gasteiger partial charge in [-0.05, 0) is 36.6 Å². The molecule has 3 rings (SSSR count). The molecule has 0 bridgehead atoms. The molecule has 104 valence electrons. The molecule has 20 heavy (non-hydrogen) atoms. The third-order valence-electron chi connectivity index (χ3n) is 3.96. The average Bonchev–Trinajstić information content (AvgIpc) is 3.34. The number of likely N-dealkylation sites (N-methyl/N-ethyl adjacent to an activating group) is 1. The van der Waals surface area contributed by atoms with Gasteiger partial charge in [0.25, 0.3) is 0 Å². The second-order valence-corrected chi connectivity index (χ2v) is 5.51. The molecule has 0 spiro atoms. The van der Waals surface area contributed by atoms with Gasteiger partial charge in [-0.2, -0.15) is 0 Å². The molecule has 0 aromatic heterocycles. The van der Waals surface area contributed by atoms with E-state index in [0.29, 0.717) is 6.04 Å². The van der Waals surface area contributed by atoms with Crippen molar-refractivity contribution in [3.05, 3.63) is 60.2 Å². The smallest absolute Gasteiger partial charge is 0.0444 e. The van der Waals surface area contributed by atoms with E-state index in [4.69, 9.17) is 0 Å². The summed E-state index contributed by atoms with van der Waals surface area (Å²) >= 11 is 0. The predicted molar refractivity (Wildman–Crippen MR) is 84.7 cm³/mol. The highest BCUT2D eigenvalue weighted by Crippen LogP contribution is 2.23.